The third-order valence-electron chi connectivity index (χ3n) is 3.98. The van der Waals surface area contributed by atoms with Gasteiger partial charge in [-0.1, -0.05) is 11.6 Å². The van der Waals surface area contributed by atoms with E-state index in [1.807, 2.05) is 13.8 Å². The molecule has 2 rings (SSSR count). The van der Waals surface area contributed by atoms with Crippen LogP contribution in [-0.2, 0) is 4.74 Å². The molecule has 1 aromatic heterocycles. The van der Waals surface area contributed by atoms with Crippen molar-refractivity contribution >= 4 is 23.5 Å². The molecule has 0 bridgehead atoms. The van der Waals surface area contributed by atoms with Crippen LogP contribution in [0.2, 0.25) is 5.15 Å². The third kappa shape index (κ3) is 5.86. The normalized spacial score (nSPS) is 16.8. The zero-order valence-corrected chi connectivity index (χ0v) is 15.4. The highest BCUT2D eigenvalue weighted by atomic mass is 35.5. The van der Waals surface area contributed by atoms with Gasteiger partial charge in [-0.05, 0) is 38.8 Å². The molecule has 138 valence electrons. The predicted octanol–water partition coefficient (Wildman–Crippen LogP) is 1.98. The number of ether oxygens (including phenoxy) is 1. The number of aryl methyl sites for hydroxylation is 1. The summed E-state index contributed by atoms with van der Waals surface area (Å²) in [4.78, 5) is 30.2. The molecule has 0 radical (unpaired) electrons. The quantitative estimate of drug-likeness (QED) is 0.569. The average Bonchev–Trinajstić information content (AvgIpc) is 3.02. The maximum atomic E-state index is 12.5. The topological polar surface area (TPSA) is 83.6 Å². The van der Waals surface area contributed by atoms with Gasteiger partial charge in [-0.25, -0.2) is 9.78 Å². The molecule has 0 saturated carbocycles. The molecule has 1 aliphatic rings. The van der Waals surface area contributed by atoms with Gasteiger partial charge in [0.15, 0.2) is 0 Å². The lowest BCUT2D eigenvalue weighted by Gasteiger charge is -2.18. The molecule has 8 heteroatoms. The summed E-state index contributed by atoms with van der Waals surface area (Å²) >= 11 is 6.07. The molecular weight excluding hydrogens is 344 g/mol. The number of hydrogen-bond acceptors (Lipinski definition) is 4. The second kappa shape index (κ2) is 9.58. The predicted molar refractivity (Wildman–Crippen MR) is 95.9 cm³/mol. The van der Waals surface area contributed by atoms with Crippen LogP contribution in [0.1, 0.15) is 35.8 Å². The number of carbonyl (C=O) groups is 2. The number of carbonyl (C=O) groups excluding carboxylic acids is 2. The molecule has 0 aromatic carbocycles. The summed E-state index contributed by atoms with van der Waals surface area (Å²) in [5.74, 6) is -0.154. The summed E-state index contributed by atoms with van der Waals surface area (Å²) in [5, 5.41) is 5.91. The molecule has 1 unspecified atom stereocenters. The number of likely N-dealkylation sites (tertiary alicyclic amines) is 1. The molecule has 1 aromatic rings. The fourth-order valence-electron chi connectivity index (χ4n) is 2.67. The number of nitrogens with zero attached hydrogens (tertiary/aromatic N) is 2. The summed E-state index contributed by atoms with van der Waals surface area (Å²) in [7, 11) is 0. The Morgan fingerprint density at radius 1 is 1.44 bits per heavy atom. The Morgan fingerprint density at radius 2 is 2.24 bits per heavy atom. The Kier molecular flexibility index (Phi) is 7.46. The van der Waals surface area contributed by atoms with Crippen LogP contribution in [0.25, 0.3) is 0 Å². The zero-order valence-electron chi connectivity index (χ0n) is 14.7. The summed E-state index contributed by atoms with van der Waals surface area (Å²) in [5.41, 5.74) is 1.16. The van der Waals surface area contributed by atoms with Gasteiger partial charge in [-0.2, -0.15) is 0 Å². The second-order valence-electron chi connectivity index (χ2n) is 5.98. The lowest BCUT2D eigenvalue weighted by atomic mass is 10.2. The minimum atomic E-state index is -0.217. The van der Waals surface area contributed by atoms with Gasteiger partial charge >= 0.3 is 6.03 Å². The lowest BCUT2D eigenvalue weighted by Crippen LogP contribution is -2.44. The smallest absolute Gasteiger partial charge is 0.315 e. The van der Waals surface area contributed by atoms with E-state index in [0.717, 1.165) is 18.5 Å². The molecule has 1 atom stereocenters. The Bertz CT molecular complexity index is 612. The van der Waals surface area contributed by atoms with Gasteiger partial charge in [0.25, 0.3) is 5.91 Å². The van der Waals surface area contributed by atoms with Crippen molar-refractivity contribution in [3.05, 3.63) is 28.5 Å². The van der Waals surface area contributed by atoms with Gasteiger partial charge < -0.3 is 20.3 Å². The van der Waals surface area contributed by atoms with Crippen molar-refractivity contribution in [1.29, 1.82) is 0 Å². The van der Waals surface area contributed by atoms with Crippen LogP contribution in [0.5, 0.6) is 0 Å². The number of aromatic nitrogens is 1. The van der Waals surface area contributed by atoms with Crippen molar-refractivity contribution in [2.45, 2.75) is 32.7 Å². The van der Waals surface area contributed by atoms with E-state index in [1.165, 1.54) is 0 Å². The number of amides is 3. The monoisotopic (exact) mass is 368 g/mol. The first-order chi connectivity index (χ1) is 12.0. The fraction of sp³-hybridized carbons (Fsp3) is 0.588. The first-order valence-electron chi connectivity index (χ1n) is 8.55. The van der Waals surface area contributed by atoms with Crippen LogP contribution < -0.4 is 10.6 Å². The standard InChI is InChI=1S/C17H25ClN4O3/c1-3-25-10-4-8-19-17(24)21-13-7-9-22(11-13)16(23)14-6-5-12(2)20-15(14)18/h5-6,13H,3-4,7-11H2,1-2H3,(H2,19,21,24). The number of pyridine rings is 1. The lowest BCUT2D eigenvalue weighted by molar-refractivity contribution is 0.0789. The van der Waals surface area contributed by atoms with E-state index in [4.69, 9.17) is 16.3 Å². The van der Waals surface area contributed by atoms with Crippen LogP contribution >= 0.6 is 11.6 Å². The molecule has 0 spiro atoms. The summed E-state index contributed by atoms with van der Waals surface area (Å²) in [6.07, 6.45) is 1.49. The Labute approximate surface area is 153 Å². The molecule has 1 aliphatic heterocycles. The summed E-state index contributed by atoms with van der Waals surface area (Å²) in [6.45, 7) is 6.68. The first-order valence-corrected chi connectivity index (χ1v) is 8.93. The first kappa shape index (κ1) is 19.5. The average molecular weight is 369 g/mol. The van der Waals surface area contributed by atoms with E-state index < -0.39 is 0 Å². The fourth-order valence-corrected chi connectivity index (χ4v) is 2.95. The Morgan fingerprint density at radius 3 is 2.96 bits per heavy atom. The highest BCUT2D eigenvalue weighted by molar-refractivity contribution is 6.32. The van der Waals surface area contributed by atoms with Crippen molar-refractivity contribution < 1.29 is 14.3 Å². The molecule has 25 heavy (non-hydrogen) atoms. The van der Waals surface area contributed by atoms with Crippen LogP contribution in [0, 0.1) is 6.92 Å². The van der Waals surface area contributed by atoms with E-state index in [1.54, 1.807) is 17.0 Å². The van der Waals surface area contributed by atoms with Gasteiger partial charge in [0, 0.05) is 44.6 Å². The Hall–Kier alpha value is -1.86. The van der Waals surface area contributed by atoms with E-state index in [9.17, 15) is 9.59 Å². The minimum absolute atomic E-state index is 0.0620. The van der Waals surface area contributed by atoms with E-state index in [2.05, 4.69) is 15.6 Å². The largest absolute Gasteiger partial charge is 0.382 e. The number of nitrogens with one attached hydrogen (secondary N) is 2. The van der Waals surface area contributed by atoms with Crippen LogP contribution in [0.15, 0.2) is 12.1 Å². The van der Waals surface area contributed by atoms with Crippen LogP contribution in [-0.4, -0.2) is 60.7 Å². The summed E-state index contributed by atoms with van der Waals surface area (Å²) in [6, 6.07) is 3.18. The van der Waals surface area contributed by atoms with Gasteiger partial charge in [-0.15, -0.1) is 0 Å². The number of hydrogen-bond donors (Lipinski definition) is 2. The van der Waals surface area contributed by atoms with Crippen molar-refractivity contribution in [2.75, 3.05) is 32.8 Å². The second-order valence-corrected chi connectivity index (χ2v) is 6.34. The zero-order chi connectivity index (χ0) is 18.2. The van der Waals surface area contributed by atoms with Gasteiger partial charge in [-0.3, -0.25) is 4.79 Å². The highest BCUT2D eigenvalue weighted by Gasteiger charge is 2.29. The van der Waals surface area contributed by atoms with Crippen molar-refractivity contribution in [3.63, 3.8) is 0 Å². The van der Waals surface area contributed by atoms with Gasteiger partial charge in [0.05, 0.1) is 5.56 Å². The van der Waals surface area contributed by atoms with E-state index in [-0.39, 0.29) is 23.1 Å². The third-order valence-corrected chi connectivity index (χ3v) is 4.27. The highest BCUT2D eigenvalue weighted by Crippen LogP contribution is 2.19. The van der Waals surface area contributed by atoms with Crippen molar-refractivity contribution in [2.24, 2.45) is 0 Å². The van der Waals surface area contributed by atoms with Crippen LogP contribution in [0.4, 0.5) is 4.79 Å². The van der Waals surface area contributed by atoms with Gasteiger partial charge in [0.2, 0.25) is 0 Å². The maximum absolute atomic E-state index is 12.5. The molecule has 7 nitrogen and oxygen atoms in total. The molecule has 2 N–H and O–H groups in total. The van der Waals surface area contributed by atoms with Crippen molar-refractivity contribution in [1.82, 2.24) is 20.5 Å². The molecule has 1 saturated heterocycles. The minimum Gasteiger partial charge on any atom is -0.382 e. The van der Waals surface area contributed by atoms with E-state index in [0.29, 0.717) is 38.4 Å². The number of halogens is 1. The summed E-state index contributed by atoms with van der Waals surface area (Å²) < 4.78 is 5.22. The maximum Gasteiger partial charge on any atom is 0.315 e. The molecule has 3 amide bonds. The van der Waals surface area contributed by atoms with Crippen molar-refractivity contribution in [3.8, 4) is 0 Å². The molecule has 2 heterocycles. The molecular formula is C17H25ClN4O3. The number of urea groups is 1. The SMILES string of the molecule is CCOCCCNC(=O)NC1CCN(C(=O)c2ccc(C)nc2Cl)C1. The van der Waals surface area contributed by atoms with Gasteiger partial charge in [0.1, 0.15) is 5.15 Å². The van der Waals surface area contributed by atoms with Crippen LogP contribution in [0.3, 0.4) is 0 Å². The number of rotatable bonds is 7. The molecule has 1 fully saturated rings. The Balaban J connectivity index is 1.77. The molecule has 0 aliphatic carbocycles. The van der Waals surface area contributed by atoms with E-state index >= 15 is 0 Å².